The summed E-state index contributed by atoms with van der Waals surface area (Å²) in [6.07, 6.45) is 0. The maximum atomic E-state index is 6.47. The zero-order valence-corrected chi connectivity index (χ0v) is 34.7. The van der Waals surface area contributed by atoms with E-state index in [2.05, 4.69) is 218 Å². The van der Waals surface area contributed by atoms with Crippen LogP contribution in [0, 0.1) is 0 Å². The summed E-state index contributed by atoms with van der Waals surface area (Å²) in [5.74, 6) is 0. The number of hydrogen-bond donors (Lipinski definition) is 0. The van der Waals surface area contributed by atoms with Crippen LogP contribution in [0.1, 0.15) is 22.3 Å². The van der Waals surface area contributed by atoms with Gasteiger partial charge in [0.25, 0.3) is 0 Å². The van der Waals surface area contributed by atoms with Crippen molar-refractivity contribution >= 4 is 75.8 Å². The molecule has 1 spiro atoms. The fraction of sp³-hybridized carbons (Fsp3) is 0.0159. The molecule has 2 aliphatic carbocycles. The average Bonchev–Trinajstić information content (AvgIpc) is 3.95. The third-order valence-electron chi connectivity index (χ3n) is 14.8. The van der Waals surface area contributed by atoms with E-state index in [1.165, 1.54) is 121 Å². The molecular weight excluding hydrogens is 773 g/mol. The molecule has 0 aliphatic heterocycles. The summed E-state index contributed by atoms with van der Waals surface area (Å²) in [4.78, 5) is 0. The smallest absolute Gasteiger partial charge is 0.136 e. The Hall–Kier alpha value is -8.26. The first-order valence-electron chi connectivity index (χ1n) is 22.3. The molecule has 1 heteroatoms. The number of rotatable bonds is 2. The lowest BCUT2D eigenvalue weighted by molar-refractivity contribution is 0.669. The Balaban J connectivity index is 0.974. The molecule has 1 aromatic heterocycles. The topological polar surface area (TPSA) is 13.1 Å². The standard InChI is InChI=1S/C63H36O/c1-3-15-39-34-57-51(30-37(39)13-1)52-31-41-25-26-42(29-44(41)35-58(52)63(57)55-23-11-9-17-45(55)46-18-10-12-24-56(46)63)61-47-19-5-7-21-49(47)62(50-22-8-6-20-48(50)61)43-27-28-59-53(33-43)54-32-38-14-2-4-16-40(38)36-60(54)64-59/h1-36H. The van der Waals surface area contributed by atoms with E-state index in [9.17, 15) is 0 Å². The van der Waals surface area contributed by atoms with Gasteiger partial charge in [-0.15, -0.1) is 0 Å². The molecule has 0 atom stereocenters. The molecule has 13 aromatic rings. The van der Waals surface area contributed by atoms with Gasteiger partial charge >= 0.3 is 0 Å². The van der Waals surface area contributed by atoms with Gasteiger partial charge in [-0.1, -0.05) is 164 Å². The van der Waals surface area contributed by atoms with E-state index < -0.39 is 5.41 Å². The fourth-order valence-corrected chi connectivity index (χ4v) is 12.1. The average molecular weight is 809 g/mol. The molecule has 1 nitrogen and oxygen atoms in total. The molecule has 15 rings (SSSR count). The van der Waals surface area contributed by atoms with Gasteiger partial charge in [0, 0.05) is 10.8 Å². The van der Waals surface area contributed by atoms with Gasteiger partial charge in [-0.05, 0) is 175 Å². The molecule has 2 aliphatic rings. The van der Waals surface area contributed by atoms with Crippen LogP contribution in [-0.2, 0) is 5.41 Å². The zero-order chi connectivity index (χ0) is 41.7. The maximum Gasteiger partial charge on any atom is 0.136 e. The van der Waals surface area contributed by atoms with Crippen molar-refractivity contribution in [3.63, 3.8) is 0 Å². The molecule has 294 valence electrons. The normalized spacial score (nSPS) is 13.4. The van der Waals surface area contributed by atoms with Crippen molar-refractivity contribution in [2.24, 2.45) is 0 Å². The van der Waals surface area contributed by atoms with Crippen molar-refractivity contribution < 1.29 is 4.42 Å². The highest BCUT2D eigenvalue weighted by molar-refractivity contribution is 6.23. The molecule has 0 N–H and O–H groups in total. The van der Waals surface area contributed by atoms with Crippen LogP contribution in [0.15, 0.2) is 223 Å². The molecule has 0 saturated carbocycles. The van der Waals surface area contributed by atoms with Gasteiger partial charge < -0.3 is 4.42 Å². The molecular formula is C63H36O. The Labute approximate surface area is 369 Å². The van der Waals surface area contributed by atoms with Crippen molar-refractivity contribution in [3.8, 4) is 44.5 Å². The number of furan rings is 1. The van der Waals surface area contributed by atoms with Crippen LogP contribution >= 0.6 is 0 Å². The molecule has 0 radical (unpaired) electrons. The zero-order valence-electron chi connectivity index (χ0n) is 34.7. The quantitative estimate of drug-likeness (QED) is 0.159. The lowest BCUT2D eigenvalue weighted by atomic mass is 9.70. The third-order valence-corrected chi connectivity index (χ3v) is 14.8. The highest BCUT2D eigenvalue weighted by atomic mass is 16.3. The lowest BCUT2D eigenvalue weighted by Gasteiger charge is -2.30. The summed E-state index contributed by atoms with van der Waals surface area (Å²) >= 11 is 0. The van der Waals surface area contributed by atoms with Gasteiger partial charge in [-0.2, -0.15) is 0 Å². The van der Waals surface area contributed by atoms with Gasteiger partial charge in [0.1, 0.15) is 11.2 Å². The van der Waals surface area contributed by atoms with Crippen LogP contribution in [0.4, 0.5) is 0 Å². The summed E-state index contributed by atoms with van der Waals surface area (Å²) in [6, 6.07) is 81.8. The van der Waals surface area contributed by atoms with Gasteiger partial charge in [0.2, 0.25) is 0 Å². The van der Waals surface area contributed by atoms with Gasteiger partial charge in [0.15, 0.2) is 0 Å². The first kappa shape index (κ1) is 34.3. The second-order valence-corrected chi connectivity index (χ2v) is 17.9. The van der Waals surface area contributed by atoms with Crippen LogP contribution in [0.2, 0.25) is 0 Å². The molecule has 0 unspecified atom stereocenters. The number of fused-ring (bicyclic) bond motifs is 18. The fourth-order valence-electron chi connectivity index (χ4n) is 12.1. The summed E-state index contributed by atoms with van der Waals surface area (Å²) in [7, 11) is 0. The molecule has 64 heavy (non-hydrogen) atoms. The van der Waals surface area contributed by atoms with Crippen LogP contribution < -0.4 is 0 Å². The third kappa shape index (κ3) is 4.43. The molecule has 0 fully saturated rings. The Morgan fingerprint density at radius 1 is 0.250 bits per heavy atom. The van der Waals surface area contributed by atoms with Crippen molar-refractivity contribution in [1.29, 1.82) is 0 Å². The molecule has 0 bridgehead atoms. The first-order chi connectivity index (χ1) is 31.7. The van der Waals surface area contributed by atoms with E-state index in [1.54, 1.807) is 0 Å². The molecule has 0 saturated heterocycles. The molecule has 0 amide bonds. The lowest BCUT2D eigenvalue weighted by Crippen LogP contribution is -2.25. The van der Waals surface area contributed by atoms with Gasteiger partial charge in [-0.3, -0.25) is 0 Å². The Bertz CT molecular complexity index is 4100. The van der Waals surface area contributed by atoms with Crippen molar-refractivity contribution in [2.45, 2.75) is 5.41 Å². The highest BCUT2D eigenvalue weighted by Crippen LogP contribution is 2.63. The minimum atomic E-state index is -0.429. The van der Waals surface area contributed by atoms with Crippen LogP contribution in [0.25, 0.3) is 120 Å². The maximum absolute atomic E-state index is 6.47. The minimum absolute atomic E-state index is 0.429. The Kier molecular flexibility index (Phi) is 6.67. The summed E-state index contributed by atoms with van der Waals surface area (Å²) < 4.78 is 6.47. The predicted molar refractivity (Wildman–Crippen MR) is 268 cm³/mol. The summed E-state index contributed by atoms with van der Waals surface area (Å²) in [5.41, 5.74) is 17.1. The summed E-state index contributed by atoms with van der Waals surface area (Å²) in [5, 5.41) is 14.7. The minimum Gasteiger partial charge on any atom is -0.456 e. The number of hydrogen-bond acceptors (Lipinski definition) is 1. The van der Waals surface area contributed by atoms with E-state index in [-0.39, 0.29) is 0 Å². The molecule has 12 aromatic carbocycles. The monoisotopic (exact) mass is 808 g/mol. The number of benzene rings is 12. The predicted octanol–water partition coefficient (Wildman–Crippen LogP) is 17.0. The van der Waals surface area contributed by atoms with Crippen molar-refractivity contribution in [3.05, 3.63) is 241 Å². The van der Waals surface area contributed by atoms with Crippen molar-refractivity contribution in [1.82, 2.24) is 0 Å². The van der Waals surface area contributed by atoms with E-state index in [0.29, 0.717) is 0 Å². The largest absolute Gasteiger partial charge is 0.456 e. The second kappa shape index (κ2) is 12.4. The second-order valence-electron chi connectivity index (χ2n) is 17.9. The first-order valence-corrected chi connectivity index (χ1v) is 22.3. The van der Waals surface area contributed by atoms with Crippen molar-refractivity contribution in [2.75, 3.05) is 0 Å². The Morgan fingerprint density at radius 3 is 1.30 bits per heavy atom. The summed E-state index contributed by atoms with van der Waals surface area (Å²) in [6.45, 7) is 0. The van der Waals surface area contributed by atoms with Crippen LogP contribution in [0.5, 0.6) is 0 Å². The van der Waals surface area contributed by atoms with E-state index in [4.69, 9.17) is 4.42 Å². The van der Waals surface area contributed by atoms with E-state index >= 15 is 0 Å². The molecule has 1 heterocycles. The Morgan fingerprint density at radius 2 is 0.688 bits per heavy atom. The van der Waals surface area contributed by atoms with Gasteiger partial charge in [-0.25, -0.2) is 0 Å². The van der Waals surface area contributed by atoms with E-state index in [1.807, 2.05) is 0 Å². The van der Waals surface area contributed by atoms with Gasteiger partial charge in [0.05, 0.1) is 5.41 Å². The highest BCUT2D eigenvalue weighted by Gasteiger charge is 2.51. The van der Waals surface area contributed by atoms with Crippen LogP contribution in [0.3, 0.4) is 0 Å². The van der Waals surface area contributed by atoms with Crippen LogP contribution in [-0.4, -0.2) is 0 Å². The van der Waals surface area contributed by atoms with E-state index in [0.717, 1.165) is 21.9 Å². The SMILES string of the molecule is c1ccc2c(c1)-c1ccccc1C21c2cc3ccccc3cc2-c2cc3ccc(-c4c5ccccc5c(-c5ccc6oc7cc8ccccc8cc7c6c5)c5ccccc45)cc3cc21.